The fourth-order valence-electron chi connectivity index (χ4n) is 4.09. The molecular weight excluding hydrogens is 368 g/mol. The molecule has 152 valence electrons. The highest BCUT2D eigenvalue weighted by Crippen LogP contribution is 2.48. The molecule has 5 nitrogen and oxygen atoms in total. The van der Waals surface area contributed by atoms with Crippen LogP contribution in [0.1, 0.15) is 56.4 Å². The van der Waals surface area contributed by atoms with E-state index in [9.17, 15) is 9.90 Å². The summed E-state index contributed by atoms with van der Waals surface area (Å²) in [6, 6.07) is 6.82. The molecule has 2 atom stereocenters. The van der Waals surface area contributed by atoms with E-state index in [4.69, 9.17) is 13.6 Å². The van der Waals surface area contributed by atoms with Crippen molar-refractivity contribution in [3.8, 4) is 11.5 Å². The average Bonchev–Trinajstić information content (AvgIpc) is 3.16. The number of ether oxygens (including phenoxy) is 1. The summed E-state index contributed by atoms with van der Waals surface area (Å²) in [6.07, 6.45) is 6.38. The number of hydrogen-bond acceptors (Lipinski definition) is 5. The van der Waals surface area contributed by atoms with Crippen molar-refractivity contribution in [2.75, 3.05) is 0 Å². The molecule has 0 aliphatic carbocycles. The van der Waals surface area contributed by atoms with Crippen LogP contribution < -0.4 is 10.4 Å². The van der Waals surface area contributed by atoms with Crippen molar-refractivity contribution in [1.29, 1.82) is 0 Å². The Morgan fingerprint density at radius 1 is 1.31 bits per heavy atom. The molecule has 3 aromatic rings. The maximum absolute atomic E-state index is 12.6. The molecule has 0 fully saturated rings. The van der Waals surface area contributed by atoms with E-state index < -0.39 is 11.2 Å². The number of phenols is 1. The molecule has 0 radical (unpaired) electrons. The van der Waals surface area contributed by atoms with E-state index in [1.54, 1.807) is 18.4 Å². The van der Waals surface area contributed by atoms with Crippen molar-refractivity contribution in [3.63, 3.8) is 0 Å². The van der Waals surface area contributed by atoms with Gasteiger partial charge in [0.05, 0.1) is 17.2 Å². The molecule has 1 N–H and O–H groups in total. The number of furan rings is 1. The van der Waals surface area contributed by atoms with Crippen LogP contribution in [0, 0.1) is 6.92 Å². The largest absolute Gasteiger partial charge is 0.508 e. The third kappa shape index (κ3) is 3.57. The number of rotatable bonds is 5. The summed E-state index contributed by atoms with van der Waals surface area (Å²) < 4.78 is 17.3. The van der Waals surface area contributed by atoms with Crippen molar-refractivity contribution >= 4 is 11.0 Å². The molecule has 0 bridgehead atoms. The summed E-state index contributed by atoms with van der Waals surface area (Å²) in [5.74, 6) is 1.51. The van der Waals surface area contributed by atoms with Gasteiger partial charge < -0.3 is 18.7 Å². The Kier molecular flexibility index (Phi) is 4.77. The third-order valence-electron chi connectivity index (χ3n) is 5.93. The van der Waals surface area contributed by atoms with Crippen LogP contribution in [-0.2, 0) is 6.42 Å². The molecule has 0 unspecified atom stereocenters. The predicted molar refractivity (Wildman–Crippen MR) is 112 cm³/mol. The maximum atomic E-state index is 12.6. The van der Waals surface area contributed by atoms with Gasteiger partial charge in [0.15, 0.2) is 0 Å². The van der Waals surface area contributed by atoms with Crippen LogP contribution in [0.4, 0.5) is 0 Å². The maximum Gasteiger partial charge on any atom is 0.343 e. The number of benzene rings is 1. The van der Waals surface area contributed by atoms with E-state index in [2.05, 4.69) is 19.1 Å². The van der Waals surface area contributed by atoms with E-state index >= 15 is 0 Å². The first-order valence-electron chi connectivity index (χ1n) is 9.95. The highest BCUT2D eigenvalue weighted by Gasteiger charge is 2.44. The molecular formula is C24H26O5. The minimum absolute atomic E-state index is 0.0572. The van der Waals surface area contributed by atoms with Gasteiger partial charge in [-0.05, 0) is 57.4 Å². The highest BCUT2D eigenvalue weighted by molar-refractivity contribution is 5.86. The van der Waals surface area contributed by atoms with Gasteiger partial charge in [-0.25, -0.2) is 4.79 Å². The van der Waals surface area contributed by atoms with Gasteiger partial charge in [0.1, 0.15) is 28.4 Å². The van der Waals surface area contributed by atoms with Gasteiger partial charge in [-0.1, -0.05) is 18.6 Å². The van der Waals surface area contributed by atoms with E-state index in [0.29, 0.717) is 22.3 Å². The Hall–Kier alpha value is -2.95. The molecule has 0 saturated heterocycles. The van der Waals surface area contributed by atoms with Gasteiger partial charge in [-0.3, -0.25) is 0 Å². The van der Waals surface area contributed by atoms with E-state index in [-0.39, 0.29) is 11.7 Å². The number of hydrogen-bond donors (Lipinski definition) is 1. The summed E-state index contributed by atoms with van der Waals surface area (Å²) in [4.78, 5) is 12.6. The first-order chi connectivity index (χ1) is 13.8. The fourth-order valence-corrected chi connectivity index (χ4v) is 4.09. The second-order valence-electron chi connectivity index (χ2n) is 8.31. The highest BCUT2D eigenvalue weighted by atomic mass is 16.5. The van der Waals surface area contributed by atoms with E-state index in [1.807, 2.05) is 20.8 Å². The van der Waals surface area contributed by atoms with Crippen LogP contribution in [0.2, 0.25) is 0 Å². The minimum Gasteiger partial charge on any atom is -0.508 e. The second kappa shape index (κ2) is 7.14. The van der Waals surface area contributed by atoms with Crippen LogP contribution in [0.15, 0.2) is 55.8 Å². The molecule has 0 amide bonds. The number of fused-ring (bicyclic) bond motifs is 3. The van der Waals surface area contributed by atoms with Gasteiger partial charge in [-0.15, -0.1) is 0 Å². The van der Waals surface area contributed by atoms with Crippen LogP contribution in [0.25, 0.3) is 11.0 Å². The Balaban J connectivity index is 1.53. The molecule has 0 spiro atoms. The quantitative estimate of drug-likeness (QED) is 0.449. The van der Waals surface area contributed by atoms with Crippen molar-refractivity contribution in [1.82, 2.24) is 0 Å². The molecule has 0 saturated carbocycles. The molecule has 3 heterocycles. The van der Waals surface area contributed by atoms with Crippen LogP contribution in [-0.4, -0.2) is 10.7 Å². The number of phenolic OH excluding ortho intramolecular Hbond substituents is 1. The van der Waals surface area contributed by atoms with Crippen molar-refractivity contribution in [2.24, 2.45) is 0 Å². The van der Waals surface area contributed by atoms with Gasteiger partial charge in [-0.2, -0.15) is 0 Å². The molecule has 1 aliphatic heterocycles. The molecule has 2 aromatic heterocycles. The zero-order valence-corrected chi connectivity index (χ0v) is 17.2. The van der Waals surface area contributed by atoms with Crippen LogP contribution in [0.5, 0.6) is 11.5 Å². The molecule has 5 heteroatoms. The molecule has 1 aliphatic rings. The SMILES string of the molecule is CC(=CCC[C@@]1(C)Oc2c(c(=O)oc3cc(O)ccc23)[C@@H]1C)Cc1cc(C)co1. The molecule has 4 rings (SSSR count). The van der Waals surface area contributed by atoms with Crippen molar-refractivity contribution < 1.29 is 18.7 Å². The Morgan fingerprint density at radius 2 is 2.10 bits per heavy atom. The van der Waals surface area contributed by atoms with Crippen molar-refractivity contribution in [2.45, 2.75) is 58.5 Å². The normalized spacial score (nSPS) is 21.4. The smallest absolute Gasteiger partial charge is 0.343 e. The first-order valence-corrected chi connectivity index (χ1v) is 9.95. The Labute approximate surface area is 169 Å². The Bertz CT molecular complexity index is 1150. The lowest BCUT2D eigenvalue weighted by Gasteiger charge is -2.28. The summed E-state index contributed by atoms with van der Waals surface area (Å²) in [5.41, 5.74) is 2.40. The van der Waals surface area contributed by atoms with Gasteiger partial charge in [0, 0.05) is 18.4 Å². The van der Waals surface area contributed by atoms with E-state index in [1.165, 1.54) is 11.6 Å². The number of allylic oxidation sites excluding steroid dienone is 2. The topological polar surface area (TPSA) is 72.8 Å². The average molecular weight is 394 g/mol. The lowest BCUT2D eigenvalue weighted by molar-refractivity contribution is 0.0862. The van der Waals surface area contributed by atoms with Crippen LogP contribution in [0.3, 0.4) is 0 Å². The number of aromatic hydroxyl groups is 1. The van der Waals surface area contributed by atoms with Gasteiger partial charge >= 0.3 is 5.63 Å². The zero-order valence-electron chi connectivity index (χ0n) is 17.2. The Morgan fingerprint density at radius 3 is 2.83 bits per heavy atom. The monoisotopic (exact) mass is 394 g/mol. The standard InChI is InChI=1S/C24H26O5/c1-14(10-18-11-15(2)13-27-18)6-5-9-24(4)16(3)21-22(29-24)19-8-7-17(25)12-20(19)28-23(21)26/h6-8,11-13,16,25H,5,9-10H2,1-4H3/t16-,24+/m0/s1. The van der Waals surface area contributed by atoms with Gasteiger partial charge in [0.2, 0.25) is 0 Å². The number of aryl methyl sites for hydroxylation is 1. The first kappa shape index (κ1) is 19.4. The van der Waals surface area contributed by atoms with Crippen LogP contribution >= 0.6 is 0 Å². The van der Waals surface area contributed by atoms with E-state index in [0.717, 1.165) is 30.6 Å². The van der Waals surface area contributed by atoms with Crippen molar-refractivity contribution in [3.05, 3.63) is 69.5 Å². The zero-order chi connectivity index (χ0) is 20.8. The third-order valence-corrected chi connectivity index (χ3v) is 5.93. The molecule has 29 heavy (non-hydrogen) atoms. The lowest BCUT2D eigenvalue weighted by atomic mass is 9.84. The fraction of sp³-hybridized carbons (Fsp3) is 0.375. The van der Waals surface area contributed by atoms with Gasteiger partial charge in [0.25, 0.3) is 0 Å². The minimum atomic E-state index is -0.499. The summed E-state index contributed by atoms with van der Waals surface area (Å²) >= 11 is 0. The predicted octanol–water partition coefficient (Wildman–Crippen LogP) is 5.62. The summed E-state index contributed by atoms with van der Waals surface area (Å²) in [7, 11) is 0. The summed E-state index contributed by atoms with van der Waals surface area (Å²) in [6.45, 7) is 8.17. The lowest BCUT2D eigenvalue weighted by Crippen LogP contribution is -2.33. The molecule has 1 aromatic carbocycles. The second-order valence-corrected chi connectivity index (χ2v) is 8.31. The summed E-state index contributed by atoms with van der Waals surface area (Å²) in [5, 5.41) is 10.4.